The minimum absolute atomic E-state index is 0.166. The van der Waals surface area contributed by atoms with Gasteiger partial charge in [-0.3, -0.25) is 4.79 Å². The van der Waals surface area contributed by atoms with Crippen molar-refractivity contribution in [1.82, 2.24) is 4.72 Å². The van der Waals surface area contributed by atoms with E-state index in [1.54, 1.807) is 24.3 Å². The zero-order valence-corrected chi connectivity index (χ0v) is 18.5. The lowest BCUT2D eigenvalue weighted by Crippen LogP contribution is -2.46. The number of carbonyl (C=O) groups is 1. The minimum Gasteiger partial charge on any atom is -0.469 e. The van der Waals surface area contributed by atoms with Gasteiger partial charge >= 0.3 is 5.97 Å². The highest BCUT2D eigenvalue weighted by Gasteiger charge is 2.33. The Morgan fingerprint density at radius 2 is 1.35 bits per heavy atom. The Bertz CT molecular complexity index is 1080. The van der Waals surface area contributed by atoms with Crippen LogP contribution in [0.3, 0.4) is 0 Å². The van der Waals surface area contributed by atoms with Crippen LogP contribution in [0.4, 0.5) is 0 Å². The molecule has 2 atom stereocenters. The van der Waals surface area contributed by atoms with E-state index in [-0.39, 0.29) is 4.90 Å². The van der Waals surface area contributed by atoms with Crippen LogP contribution in [0.15, 0.2) is 89.8 Å². The predicted molar refractivity (Wildman–Crippen MR) is 121 cm³/mol. The molecule has 0 saturated carbocycles. The summed E-state index contributed by atoms with van der Waals surface area (Å²) in [5.41, 5.74) is 2.84. The molecule has 3 aromatic carbocycles. The molecular weight excluding hydrogens is 410 g/mol. The number of esters is 1. The fourth-order valence-corrected chi connectivity index (χ4v) is 4.80. The summed E-state index contributed by atoms with van der Waals surface area (Å²) in [7, 11) is -2.51. The van der Waals surface area contributed by atoms with Crippen molar-refractivity contribution in [2.75, 3.05) is 7.11 Å². The fourth-order valence-electron chi connectivity index (χ4n) is 3.53. The van der Waals surface area contributed by atoms with Crippen LogP contribution in [0.5, 0.6) is 0 Å². The maximum atomic E-state index is 13.1. The molecule has 0 heterocycles. The Labute approximate surface area is 184 Å². The monoisotopic (exact) mass is 437 g/mol. The number of hydrogen-bond acceptors (Lipinski definition) is 4. The van der Waals surface area contributed by atoms with Crippen molar-refractivity contribution in [3.63, 3.8) is 0 Å². The smallest absolute Gasteiger partial charge is 0.310 e. The molecule has 3 rings (SSSR count). The molecule has 0 radical (unpaired) electrons. The predicted octanol–water partition coefficient (Wildman–Crippen LogP) is 3.92. The lowest BCUT2D eigenvalue weighted by molar-refractivity contribution is -0.146. The summed E-state index contributed by atoms with van der Waals surface area (Å²) in [6.07, 6.45) is 0.722. The first-order valence-corrected chi connectivity index (χ1v) is 11.6. The van der Waals surface area contributed by atoms with Gasteiger partial charge in [0.2, 0.25) is 10.0 Å². The van der Waals surface area contributed by atoms with E-state index in [0.717, 1.165) is 16.7 Å². The van der Waals surface area contributed by atoms with Gasteiger partial charge < -0.3 is 4.74 Å². The van der Waals surface area contributed by atoms with Crippen molar-refractivity contribution in [3.05, 3.63) is 102 Å². The molecule has 0 spiro atoms. The minimum atomic E-state index is -3.83. The highest BCUT2D eigenvalue weighted by Crippen LogP contribution is 2.21. The van der Waals surface area contributed by atoms with E-state index in [9.17, 15) is 13.2 Å². The van der Waals surface area contributed by atoms with Gasteiger partial charge in [-0.05, 0) is 43.0 Å². The van der Waals surface area contributed by atoms with Gasteiger partial charge in [-0.1, -0.05) is 78.4 Å². The van der Waals surface area contributed by atoms with E-state index in [4.69, 9.17) is 4.74 Å². The SMILES string of the molecule is COC(=O)[C@@H](Cc1ccccc1)[C@H](Cc1ccccc1)NS(=O)(=O)c1ccc(C)cc1. The van der Waals surface area contributed by atoms with Crippen LogP contribution in [-0.2, 0) is 32.4 Å². The maximum Gasteiger partial charge on any atom is 0.310 e. The number of rotatable bonds is 9. The number of sulfonamides is 1. The highest BCUT2D eigenvalue weighted by molar-refractivity contribution is 7.89. The number of hydrogen-bond donors (Lipinski definition) is 1. The molecule has 6 heteroatoms. The first kappa shape index (κ1) is 22.7. The molecule has 0 aromatic heterocycles. The summed E-state index contributed by atoms with van der Waals surface area (Å²) in [6, 6.07) is 25.0. The zero-order valence-electron chi connectivity index (χ0n) is 17.7. The Kier molecular flexibility index (Phi) is 7.60. The third-order valence-corrected chi connectivity index (χ3v) is 6.73. The normalized spacial score (nSPS) is 13.4. The van der Waals surface area contributed by atoms with Crippen LogP contribution in [0, 0.1) is 12.8 Å². The molecule has 0 aliphatic carbocycles. The van der Waals surface area contributed by atoms with E-state index < -0.39 is 28.0 Å². The summed E-state index contributed by atoms with van der Waals surface area (Å²) in [5, 5.41) is 0. The van der Waals surface area contributed by atoms with Crippen molar-refractivity contribution in [3.8, 4) is 0 Å². The van der Waals surface area contributed by atoms with Gasteiger partial charge in [0.25, 0.3) is 0 Å². The molecule has 0 aliphatic rings. The topological polar surface area (TPSA) is 72.5 Å². The molecule has 0 amide bonds. The van der Waals surface area contributed by atoms with Gasteiger partial charge in [0, 0.05) is 6.04 Å². The summed E-state index contributed by atoms with van der Waals surface area (Å²) in [6.45, 7) is 1.90. The van der Waals surface area contributed by atoms with Gasteiger partial charge in [0.05, 0.1) is 17.9 Å². The third kappa shape index (κ3) is 6.26. The first-order chi connectivity index (χ1) is 14.9. The van der Waals surface area contributed by atoms with Crippen LogP contribution >= 0.6 is 0 Å². The van der Waals surface area contributed by atoms with Crippen LogP contribution in [-0.4, -0.2) is 27.5 Å². The molecule has 0 bridgehead atoms. The second kappa shape index (κ2) is 10.4. The fraction of sp³-hybridized carbons (Fsp3) is 0.240. The molecule has 3 aromatic rings. The van der Waals surface area contributed by atoms with Crippen LogP contribution in [0.1, 0.15) is 16.7 Å². The molecule has 0 aliphatic heterocycles. The third-order valence-electron chi connectivity index (χ3n) is 5.22. The van der Waals surface area contributed by atoms with E-state index >= 15 is 0 Å². The van der Waals surface area contributed by atoms with Crippen molar-refractivity contribution in [1.29, 1.82) is 0 Å². The number of ether oxygens (including phenoxy) is 1. The number of aryl methyl sites for hydroxylation is 1. The number of nitrogens with one attached hydrogen (secondary N) is 1. The average molecular weight is 438 g/mol. The standard InChI is InChI=1S/C25H27NO4S/c1-19-13-15-22(16-14-19)31(28,29)26-24(18-21-11-7-4-8-12-21)23(25(27)30-2)17-20-9-5-3-6-10-20/h3-16,23-24,26H,17-18H2,1-2H3/t23-,24-/m0/s1. The second-order valence-corrected chi connectivity index (χ2v) is 9.26. The molecule has 0 fully saturated rings. The van der Waals surface area contributed by atoms with Crippen molar-refractivity contribution < 1.29 is 17.9 Å². The second-order valence-electron chi connectivity index (χ2n) is 7.55. The lowest BCUT2D eigenvalue weighted by atomic mass is 9.89. The quantitative estimate of drug-likeness (QED) is 0.515. The number of carbonyl (C=O) groups excluding carboxylic acids is 1. The summed E-state index contributed by atoms with van der Waals surface area (Å²) in [4.78, 5) is 12.9. The molecular formula is C25H27NO4S. The number of benzene rings is 3. The Morgan fingerprint density at radius 1 is 0.839 bits per heavy atom. The zero-order chi connectivity index (χ0) is 22.3. The molecule has 0 saturated heterocycles. The van der Waals surface area contributed by atoms with Crippen molar-refractivity contribution in [2.45, 2.75) is 30.7 Å². The maximum absolute atomic E-state index is 13.1. The Morgan fingerprint density at radius 3 is 1.87 bits per heavy atom. The van der Waals surface area contributed by atoms with Crippen molar-refractivity contribution >= 4 is 16.0 Å². The molecule has 1 N–H and O–H groups in total. The Hall–Kier alpha value is -2.96. The average Bonchev–Trinajstić information content (AvgIpc) is 2.78. The molecule has 5 nitrogen and oxygen atoms in total. The van der Waals surface area contributed by atoms with Crippen LogP contribution < -0.4 is 4.72 Å². The van der Waals surface area contributed by atoms with Gasteiger partial charge in [0.1, 0.15) is 0 Å². The lowest BCUT2D eigenvalue weighted by Gasteiger charge is -2.26. The summed E-state index contributed by atoms with van der Waals surface area (Å²) < 4.78 is 34.1. The van der Waals surface area contributed by atoms with Crippen LogP contribution in [0.2, 0.25) is 0 Å². The van der Waals surface area contributed by atoms with Gasteiger partial charge in [-0.2, -0.15) is 0 Å². The largest absolute Gasteiger partial charge is 0.469 e. The summed E-state index contributed by atoms with van der Waals surface area (Å²) in [5.74, 6) is -1.13. The Balaban J connectivity index is 1.96. The molecule has 162 valence electrons. The van der Waals surface area contributed by atoms with Crippen LogP contribution in [0.25, 0.3) is 0 Å². The number of methoxy groups -OCH3 is 1. The van der Waals surface area contributed by atoms with E-state index in [2.05, 4.69) is 4.72 Å². The van der Waals surface area contributed by atoms with Gasteiger partial charge in [-0.25, -0.2) is 13.1 Å². The van der Waals surface area contributed by atoms with E-state index in [1.165, 1.54) is 7.11 Å². The first-order valence-electron chi connectivity index (χ1n) is 10.1. The highest BCUT2D eigenvalue weighted by atomic mass is 32.2. The molecule has 31 heavy (non-hydrogen) atoms. The van der Waals surface area contributed by atoms with Gasteiger partial charge in [-0.15, -0.1) is 0 Å². The van der Waals surface area contributed by atoms with Gasteiger partial charge in [0.15, 0.2) is 0 Å². The van der Waals surface area contributed by atoms with E-state index in [0.29, 0.717) is 12.8 Å². The molecule has 0 unspecified atom stereocenters. The van der Waals surface area contributed by atoms with E-state index in [1.807, 2.05) is 67.6 Å². The van der Waals surface area contributed by atoms with Crippen molar-refractivity contribution in [2.24, 2.45) is 5.92 Å². The summed E-state index contributed by atoms with van der Waals surface area (Å²) >= 11 is 0.